The number of nitrogens with zero attached hydrogens (tertiary/aromatic N) is 1. The van der Waals surface area contributed by atoms with Crippen molar-refractivity contribution >= 4 is 17.8 Å². The van der Waals surface area contributed by atoms with Crippen LogP contribution in [0.4, 0.5) is 0 Å². The molecule has 0 aromatic carbocycles. The predicted octanol–water partition coefficient (Wildman–Crippen LogP) is -6.75. The third-order valence-corrected chi connectivity index (χ3v) is 8.11. The minimum Gasteiger partial charge on any atom is -0.423 e. The van der Waals surface area contributed by atoms with E-state index in [4.69, 9.17) is 23.7 Å². The highest BCUT2D eigenvalue weighted by Crippen LogP contribution is 2.38. The van der Waals surface area contributed by atoms with E-state index in [9.17, 15) is 45.3 Å². The summed E-state index contributed by atoms with van der Waals surface area (Å²) in [6, 6.07) is -2.95. The highest BCUT2D eigenvalue weighted by molar-refractivity contribution is 5.74. The number of amidine groups is 1. The van der Waals surface area contributed by atoms with Gasteiger partial charge >= 0.3 is 6.02 Å². The van der Waals surface area contributed by atoms with Gasteiger partial charge in [0.25, 0.3) is 0 Å². The smallest absolute Gasteiger partial charge is 0.423 e. The van der Waals surface area contributed by atoms with E-state index in [2.05, 4.69) is 16.0 Å². The van der Waals surface area contributed by atoms with Gasteiger partial charge in [0.15, 0.2) is 24.7 Å². The first-order valence-corrected chi connectivity index (χ1v) is 14.0. The Morgan fingerprint density at radius 2 is 1.33 bits per heavy atom. The molecule has 0 bridgehead atoms. The van der Waals surface area contributed by atoms with Gasteiger partial charge < -0.3 is 70.1 Å². The van der Waals surface area contributed by atoms with Crippen LogP contribution in [0, 0.1) is 5.92 Å². The molecule has 0 aromatic rings. The minimum absolute atomic E-state index is 0.398. The first kappa shape index (κ1) is 33.7. The first-order valence-electron chi connectivity index (χ1n) is 14.0. The zero-order valence-electron chi connectivity index (χ0n) is 24.2. The summed E-state index contributed by atoms with van der Waals surface area (Å²) in [6.45, 7) is 0.439. The second-order valence-corrected chi connectivity index (χ2v) is 11.4. The maximum atomic E-state index is 12.2. The summed E-state index contributed by atoms with van der Waals surface area (Å²) in [6.07, 6.45) is -15.0. The lowest BCUT2D eigenvalue weighted by Gasteiger charge is -2.48. The number of aliphatic hydroxyl groups is 7. The van der Waals surface area contributed by atoms with E-state index in [0.717, 1.165) is 6.92 Å². The Hall–Kier alpha value is -2.23. The molecule has 0 radical (unpaired) electrons. The van der Waals surface area contributed by atoms with Crippen molar-refractivity contribution in [1.82, 2.24) is 16.0 Å². The number of ether oxygens (including phenoxy) is 5. The Kier molecular flexibility index (Phi) is 10.8. The van der Waals surface area contributed by atoms with Crippen LogP contribution >= 0.6 is 0 Å². The number of aliphatic hydroxyl groups excluding tert-OH is 7. The van der Waals surface area contributed by atoms with Gasteiger partial charge in [-0.1, -0.05) is 0 Å². The Morgan fingerprint density at radius 1 is 0.791 bits per heavy atom. The van der Waals surface area contributed by atoms with E-state index in [1.807, 2.05) is 0 Å². The van der Waals surface area contributed by atoms with Gasteiger partial charge in [-0.15, -0.1) is 0 Å². The summed E-state index contributed by atoms with van der Waals surface area (Å²) < 4.78 is 31.1. The van der Waals surface area contributed by atoms with Crippen molar-refractivity contribution in [1.29, 1.82) is 0 Å². The molecule has 15 atom stereocenters. The van der Waals surface area contributed by atoms with Crippen molar-refractivity contribution in [3.63, 3.8) is 0 Å². The fourth-order valence-corrected chi connectivity index (χ4v) is 6.00. The molecule has 4 rings (SSSR count). The lowest BCUT2D eigenvalue weighted by atomic mass is 9.94. The van der Waals surface area contributed by atoms with Gasteiger partial charge in [0.05, 0.1) is 45.9 Å². The van der Waals surface area contributed by atoms with Gasteiger partial charge in [-0.3, -0.25) is 9.59 Å². The molecule has 3 heterocycles. The summed E-state index contributed by atoms with van der Waals surface area (Å²) in [5.41, 5.74) is 0. The molecule has 18 heteroatoms. The summed E-state index contributed by atoms with van der Waals surface area (Å²) in [4.78, 5) is 24.0. The van der Waals surface area contributed by atoms with Gasteiger partial charge in [0.2, 0.25) is 11.8 Å². The zero-order valence-corrected chi connectivity index (χ0v) is 24.2. The predicted molar refractivity (Wildman–Crippen MR) is 140 cm³/mol. The second-order valence-electron chi connectivity index (χ2n) is 11.4. The van der Waals surface area contributed by atoms with Gasteiger partial charge in [0.1, 0.15) is 54.8 Å². The zero-order chi connectivity index (χ0) is 31.7. The molecule has 3 saturated heterocycles. The van der Waals surface area contributed by atoms with E-state index >= 15 is 0 Å². The number of carbonyl (C=O) groups is 2. The van der Waals surface area contributed by atoms with Crippen molar-refractivity contribution < 1.29 is 73.6 Å². The van der Waals surface area contributed by atoms with Gasteiger partial charge in [0, 0.05) is 13.8 Å². The number of hydrogen-bond donors (Lipinski definition) is 10. The van der Waals surface area contributed by atoms with Crippen molar-refractivity contribution in [2.45, 2.75) is 99.5 Å². The Labute approximate surface area is 247 Å². The van der Waals surface area contributed by atoms with Crippen LogP contribution in [0.3, 0.4) is 0 Å². The van der Waals surface area contributed by atoms with Gasteiger partial charge in [-0.25, -0.2) is 9.89 Å². The molecule has 0 unspecified atom stereocenters. The van der Waals surface area contributed by atoms with Crippen LogP contribution in [-0.2, 0) is 33.3 Å². The van der Waals surface area contributed by atoms with Gasteiger partial charge in [-0.05, 0) is 0 Å². The monoisotopic (exact) mass is 623 g/mol. The number of amides is 2. The SMILES string of the molecule is CC(=O)N[C@H]1[C@H](O[C@H]2[C@@H](O)[C@@H](NC(C)=O)[C@H](O[C@H]3[C@H](O)[C@H]4NC(=[N+](C)C)O[C@H]4[C@@H]3CO)O[C@@H]2CO)O[C@H](CO)[C@@H](O)[C@H]1O. The highest BCUT2D eigenvalue weighted by atomic mass is 16.7. The summed E-state index contributed by atoms with van der Waals surface area (Å²) in [7, 11) is 3.48. The van der Waals surface area contributed by atoms with Crippen molar-refractivity contribution in [3.05, 3.63) is 0 Å². The number of hydrogen-bond acceptors (Lipinski definition) is 14. The lowest BCUT2D eigenvalue weighted by Crippen LogP contribution is -2.69. The molecule has 1 aliphatic carbocycles. The molecule has 18 nitrogen and oxygen atoms in total. The lowest BCUT2D eigenvalue weighted by molar-refractivity contribution is -0.476. The van der Waals surface area contributed by atoms with Crippen LogP contribution < -0.4 is 16.0 Å². The number of nitrogens with one attached hydrogen (secondary N) is 3. The Balaban J connectivity index is 1.57. The third-order valence-electron chi connectivity index (χ3n) is 8.11. The van der Waals surface area contributed by atoms with Crippen molar-refractivity contribution in [2.24, 2.45) is 5.92 Å². The van der Waals surface area contributed by atoms with Gasteiger partial charge in [-0.2, -0.15) is 0 Å². The Bertz CT molecular complexity index is 1030. The average Bonchev–Trinajstić information content (AvgIpc) is 3.49. The van der Waals surface area contributed by atoms with E-state index < -0.39 is 123 Å². The van der Waals surface area contributed by atoms with E-state index in [1.54, 1.807) is 18.7 Å². The fourth-order valence-electron chi connectivity index (χ4n) is 6.00. The molecule has 246 valence electrons. The standard InChI is InChI=1S/C25H42N4O14/c1-8(33)26-14-17(36)16(35)11(6-31)39-23(14)42-22-12(7-32)40-24(15(19(22)38)27-9(2)34)41-21-10(5-30)20-13(18(21)37)28-25(43-20)29(3)4/h10-24,30-32,35-38H,5-7H2,1-4H3,(H2,26,27,33,34)/p+1/t10-,11+,12+,13+,14+,15+,16+,17-,18+,19-,20-,21+,22+,23-,24-/m0/s1. The molecule has 4 aliphatic rings. The minimum atomic E-state index is -1.66. The van der Waals surface area contributed by atoms with E-state index in [0.29, 0.717) is 6.02 Å². The van der Waals surface area contributed by atoms with Crippen LogP contribution in [-0.4, -0.2) is 178 Å². The maximum absolute atomic E-state index is 12.2. The highest BCUT2D eigenvalue weighted by Gasteiger charge is 2.61. The van der Waals surface area contributed by atoms with Crippen LogP contribution in [0.25, 0.3) is 0 Å². The number of fused-ring (bicyclic) bond motifs is 1. The first-order chi connectivity index (χ1) is 20.3. The number of carbonyl (C=O) groups excluding carboxylic acids is 2. The van der Waals surface area contributed by atoms with Crippen molar-refractivity contribution in [2.75, 3.05) is 33.9 Å². The maximum Gasteiger partial charge on any atom is 0.444 e. The van der Waals surface area contributed by atoms with E-state index in [1.165, 1.54) is 6.92 Å². The molecule has 0 spiro atoms. The molecule has 43 heavy (non-hydrogen) atoms. The van der Waals surface area contributed by atoms with Crippen molar-refractivity contribution in [3.8, 4) is 0 Å². The molecule has 10 N–H and O–H groups in total. The molecule has 0 aromatic heterocycles. The fraction of sp³-hybridized carbons (Fsp3) is 0.880. The second kappa shape index (κ2) is 13.8. The average molecular weight is 624 g/mol. The summed E-state index contributed by atoms with van der Waals surface area (Å²) >= 11 is 0. The molecular formula is C25H43N4O14+. The molecule has 1 saturated carbocycles. The largest absolute Gasteiger partial charge is 0.444 e. The summed E-state index contributed by atoms with van der Waals surface area (Å²) in [5, 5.41) is 81.4. The van der Waals surface area contributed by atoms with Crippen LogP contribution in [0.1, 0.15) is 13.8 Å². The Morgan fingerprint density at radius 3 is 1.84 bits per heavy atom. The molecule has 4 fully saturated rings. The molecule has 3 aliphatic heterocycles. The van der Waals surface area contributed by atoms with Crippen LogP contribution in [0.5, 0.6) is 0 Å². The van der Waals surface area contributed by atoms with Crippen LogP contribution in [0.15, 0.2) is 0 Å². The molecular weight excluding hydrogens is 580 g/mol. The summed E-state index contributed by atoms with van der Waals surface area (Å²) in [5.74, 6) is -1.95. The van der Waals surface area contributed by atoms with Crippen LogP contribution in [0.2, 0.25) is 0 Å². The molecule has 2 amide bonds. The van der Waals surface area contributed by atoms with E-state index in [-0.39, 0.29) is 0 Å². The normalized spacial score (nSPS) is 44.3. The quantitative estimate of drug-likeness (QED) is 0.107. The third kappa shape index (κ3) is 6.74. The number of rotatable bonds is 9. The topological polar surface area (TPSA) is 261 Å².